The van der Waals surface area contributed by atoms with Crippen LogP contribution in [0.15, 0.2) is 47.4 Å². The molecule has 0 radical (unpaired) electrons. The summed E-state index contributed by atoms with van der Waals surface area (Å²) in [6, 6.07) is 10.8. The summed E-state index contributed by atoms with van der Waals surface area (Å²) in [6.07, 6.45) is -0.736. The number of nitrogens with one attached hydrogen (secondary N) is 2. The first-order chi connectivity index (χ1) is 14.8. The van der Waals surface area contributed by atoms with Gasteiger partial charge in [0.1, 0.15) is 22.5 Å². The molecule has 0 aliphatic rings. The van der Waals surface area contributed by atoms with Crippen LogP contribution in [0.2, 0.25) is 0 Å². The van der Waals surface area contributed by atoms with Crippen LogP contribution in [0, 0.1) is 0 Å². The molecule has 2 aromatic rings. The quantitative estimate of drug-likeness (QED) is 0.476. The number of carbonyl (C=O) groups is 1. The third-order valence-electron chi connectivity index (χ3n) is 4.23. The Labute approximate surface area is 182 Å². The minimum atomic E-state index is -3.99. The molecular weight excluding hydrogens is 424 g/mol. The molecule has 2 aromatic carbocycles. The number of rotatable bonds is 12. The van der Waals surface area contributed by atoms with Gasteiger partial charge in [-0.2, -0.15) is 0 Å². The van der Waals surface area contributed by atoms with Gasteiger partial charge in [-0.15, -0.1) is 0 Å². The van der Waals surface area contributed by atoms with Crippen molar-refractivity contribution in [2.24, 2.45) is 0 Å². The number of benzene rings is 2. The zero-order valence-electron chi connectivity index (χ0n) is 18.0. The van der Waals surface area contributed by atoms with Crippen LogP contribution in [-0.2, 0) is 24.3 Å². The minimum absolute atomic E-state index is 0.117. The van der Waals surface area contributed by atoms with E-state index in [1.54, 1.807) is 37.3 Å². The van der Waals surface area contributed by atoms with Gasteiger partial charge in [-0.3, -0.25) is 9.52 Å². The lowest BCUT2D eigenvalue weighted by atomic mass is 10.3. The van der Waals surface area contributed by atoms with Gasteiger partial charge < -0.3 is 24.3 Å². The zero-order valence-corrected chi connectivity index (χ0v) is 18.8. The lowest BCUT2D eigenvalue weighted by molar-refractivity contribution is -0.127. The fourth-order valence-corrected chi connectivity index (χ4v) is 3.84. The molecule has 0 saturated carbocycles. The van der Waals surface area contributed by atoms with Crippen molar-refractivity contribution in [2.45, 2.75) is 24.8 Å². The van der Waals surface area contributed by atoms with Gasteiger partial charge in [-0.05, 0) is 56.3 Å². The molecule has 0 aliphatic carbocycles. The molecule has 0 spiro atoms. The van der Waals surface area contributed by atoms with Gasteiger partial charge in [0, 0.05) is 18.0 Å². The maximum absolute atomic E-state index is 12.9. The second-order valence-corrected chi connectivity index (χ2v) is 8.05. The first kappa shape index (κ1) is 24.4. The van der Waals surface area contributed by atoms with Gasteiger partial charge >= 0.3 is 0 Å². The van der Waals surface area contributed by atoms with Crippen molar-refractivity contribution in [3.05, 3.63) is 42.5 Å². The highest BCUT2D eigenvalue weighted by molar-refractivity contribution is 7.92. The smallest absolute Gasteiger partial charge is 0.265 e. The van der Waals surface area contributed by atoms with Crippen molar-refractivity contribution < 1.29 is 32.2 Å². The molecule has 170 valence electrons. The van der Waals surface area contributed by atoms with Gasteiger partial charge in [0.05, 0.1) is 27.4 Å². The Bertz CT molecular complexity index is 962. The van der Waals surface area contributed by atoms with Crippen molar-refractivity contribution in [1.29, 1.82) is 0 Å². The van der Waals surface area contributed by atoms with Crippen LogP contribution in [-0.4, -0.2) is 54.5 Å². The number of amides is 1. The first-order valence-electron chi connectivity index (χ1n) is 9.65. The second kappa shape index (κ2) is 11.5. The molecule has 31 heavy (non-hydrogen) atoms. The molecule has 0 aliphatic heterocycles. The van der Waals surface area contributed by atoms with Crippen molar-refractivity contribution in [3.8, 4) is 11.5 Å². The molecule has 1 unspecified atom stereocenters. The number of anilines is 2. The van der Waals surface area contributed by atoms with Gasteiger partial charge in [-0.1, -0.05) is 0 Å². The van der Waals surface area contributed by atoms with Crippen LogP contribution in [0.4, 0.5) is 11.4 Å². The molecule has 2 N–H and O–H groups in total. The number of carbonyl (C=O) groups excluding carboxylic acids is 1. The molecule has 0 aromatic heterocycles. The molecule has 9 nitrogen and oxygen atoms in total. The Hall–Kier alpha value is -2.82. The SMILES string of the molecule is CCOCCOC(C)C(=O)Nc1ccc(OC)c(S(=O)(=O)Nc2ccc(OC)cc2)c1. The maximum atomic E-state index is 12.9. The first-order valence-corrected chi connectivity index (χ1v) is 11.1. The Balaban J connectivity index is 2.15. The summed E-state index contributed by atoms with van der Waals surface area (Å²) in [5.41, 5.74) is 0.648. The van der Waals surface area contributed by atoms with E-state index in [9.17, 15) is 13.2 Å². The minimum Gasteiger partial charge on any atom is -0.497 e. The molecule has 1 amide bonds. The normalized spacial score (nSPS) is 12.1. The average Bonchev–Trinajstić information content (AvgIpc) is 2.76. The summed E-state index contributed by atoms with van der Waals surface area (Å²) in [5.74, 6) is 0.330. The van der Waals surface area contributed by atoms with Crippen LogP contribution in [0.1, 0.15) is 13.8 Å². The lowest BCUT2D eigenvalue weighted by Gasteiger charge is -2.16. The number of hydrogen-bond acceptors (Lipinski definition) is 7. The van der Waals surface area contributed by atoms with Crippen LogP contribution in [0.5, 0.6) is 11.5 Å². The summed E-state index contributed by atoms with van der Waals surface area (Å²) < 4.78 is 49.2. The third-order valence-corrected chi connectivity index (χ3v) is 5.63. The van der Waals surface area contributed by atoms with E-state index in [1.807, 2.05) is 6.92 Å². The number of hydrogen-bond donors (Lipinski definition) is 2. The van der Waals surface area contributed by atoms with Gasteiger partial charge in [0.2, 0.25) is 0 Å². The average molecular weight is 453 g/mol. The monoisotopic (exact) mass is 452 g/mol. The van der Waals surface area contributed by atoms with Crippen molar-refractivity contribution >= 4 is 27.3 Å². The van der Waals surface area contributed by atoms with E-state index in [4.69, 9.17) is 18.9 Å². The summed E-state index contributed by atoms with van der Waals surface area (Å²) in [5, 5.41) is 2.66. The van der Waals surface area contributed by atoms with Gasteiger partial charge in [0.25, 0.3) is 15.9 Å². The van der Waals surface area contributed by atoms with E-state index in [1.165, 1.54) is 26.4 Å². The van der Waals surface area contributed by atoms with E-state index < -0.39 is 22.0 Å². The van der Waals surface area contributed by atoms with Crippen LogP contribution in [0.25, 0.3) is 0 Å². The zero-order chi connectivity index (χ0) is 22.9. The highest BCUT2D eigenvalue weighted by Crippen LogP contribution is 2.29. The van der Waals surface area contributed by atoms with Crippen molar-refractivity contribution in [3.63, 3.8) is 0 Å². The highest BCUT2D eigenvalue weighted by Gasteiger charge is 2.22. The second-order valence-electron chi connectivity index (χ2n) is 6.40. The van der Waals surface area contributed by atoms with E-state index >= 15 is 0 Å². The van der Waals surface area contributed by atoms with E-state index in [2.05, 4.69) is 10.0 Å². The predicted octanol–water partition coefficient (Wildman–Crippen LogP) is 2.88. The van der Waals surface area contributed by atoms with Crippen LogP contribution in [0.3, 0.4) is 0 Å². The van der Waals surface area contributed by atoms with Crippen molar-refractivity contribution in [1.82, 2.24) is 0 Å². The molecule has 10 heteroatoms. The topological polar surface area (TPSA) is 112 Å². The lowest BCUT2D eigenvalue weighted by Crippen LogP contribution is -2.29. The Kier molecular flexibility index (Phi) is 9.10. The number of ether oxygens (including phenoxy) is 4. The molecule has 0 heterocycles. The van der Waals surface area contributed by atoms with Crippen molar-refractivity contribution in [2.75, 3.05) is 44.1 Å². The van der Waals surface area contributed by atoms with Gasteiger partial charge in [-0.25, -0.2) is 8.42 Å². The molecule has 2 rings (SSSR count). The predicted molar refractivity (Wildman–Crippen MR) is 117 cm³/mol. The summed E-state index contributed by atoms with van der Waals surface area (Å²) in [4.78, 5) is 12.2. The Morgan fingerprint density at radius 1 is 1.00 bits per heavy atom. The summed E-state index contributed by atoms with van der Waals surface area (Å²) >= 11 is 0. The largest absolute Gasteiger partial charge is 0.497 e. The number of sulfonamides is 1. The van der Waals surface area contributed by atoms with E-state index in [0.29, 0.717) is 30.3 Å². The van der Waals surface area contributed by atoms with Crippen LogP contribution < -0.4 is 19.5 Å². The Morgan fingerprint density at radius 2 is 1.68 bits per heavy atom. The maximum Gasteiger partial charge on any atom is 0.265 e. The van der Waals surface area contributed by atoms with Crippen LogP contribution >= 0.6 is 0 Å². The van der Waals surface area contributed by atoms with Gasteiger partial charge in [0.15, 0.2) is 0 Å². The molecule has 0 bridgehead atoms. The fraction of sp³-hybridized carbons (Fsp3) is 0.381. The number of methoxy groups -OCH3 is 2. The molecular formula is C21H28N2O7S. The molecule has 0 fully saturated rings. The molecule has 0 saturated heterocycles. The standard InChI is InChI=1S/C21H28N2O7S/c1-5-29-12-13-30-15(2)21(24)22-17-8-11-19(28-4)20(14-17)31(25,26)23-16-6-9-18(27-3)10-7-16/h6-11,14-15,23H,5,12-13H2,1-4H3,(H,22,24). The third kappa shape index (κ3) is 7.12. The summed E-state index contributed by atoms with van der Waals surface area (Å²) in [6.45, 7) is 4.70. The summed E-state index contributed by atoms with van der Waals surface area (Å²) in [7, 11) is -1.10. The van der Waals surface area contributed by atoms with E-state index in [0.717, 1.165) is 0 Å². The van der Waals surface area contributed by atoms with E-state index in [-0.39, 0.29) is 17.3 Å². The highest BCUT2D eigenvalue weighted by atomic mass is 32.2. The fourth-order valence-electron chi connectivity index (χ4n) is 2.58. The molecule has 1 atom stereocenters. The Morgan fingerprint density at radius 3 is 2.29 bits per heavy atom.